The molecule has 140 valence electrons. The summed E-state index contributed by atoms with van der Waals surface area (Å²) < 4.78 is 10.9. The zero-order valence-electron chi connectivity index (χ0n) is 15.8. The standard InChI is InChI=1S/C22H29NO3/c1-17(13-14-26-16-19-7-5-4-6-8-19)22(18(2)15-24)23-20-9-11-21(25-3)12-10-20/h4-13,18,22-24H,14-16H2,1-3H3/t18-,22+/m0/s1. The fraction of sp³-hybridized carbons (Fsp3) is 0.364. The Morgan fingerprint density at radius 2 is 1.81 bits per heavy atom. The van der Waals surface area contributed by atoms with E-state index in [-0.39, 0.29) is 18.6 Å². The first-order chi connectivity index (χ1) is 12.6. The van der Waals surface area contributed by atoms with E-state index in [2.05, 4.69) is 30.4 Å². The Kier molecular flexibility index (Phi) is 8.19. The van der Waals surface area contributed by atoms with Gasteiger partial charge in [-0.2, -0.15) is 0 Å². The smallest absolute Gasteiger partial charge is 0.119 e. The second kappa shape index (κ2) is 10.6. The van der Waals surface area contributed by atoms with Gasteiger partial charge in [-0.05, 0) is 36.8 Å². The van der Waals surface area contributed by atoms with Crippen molar-refractivity contribution in [2.75, 3.05) is 25.6 Å². The van der Waals surface area contributed by atoms with Crippen LogP contribution in [-0.4, -0.2) is 31.5 Å². The van der Waals surface area contributed by atoms with Crippen LogP contribution in [0.1, 0.15) is 19.4 Å². The van der Waals surface area contributed by atoms with E-state index in [9.17, 15) is 5.11 Å². The van der Waals surface area contributed by atoms with Gasteiger partial charge < -0.3 is 19.9 Å². The van der Waals surface area contributed by atoms with Crippen molar-refractivity contribution in [3.63, 3.8) is 0 Å². The minimum atomic E-state index is 0.0359. The van der Waals surface area contributed by atoms with E-state index in [1.807, 2.05) is 49.4 Å². The molecule has 26 heavy (non-hydrogen) atoms. The van der Waals surface area contributed by atoms with Crippen LogP contribution in [0.4, 0.5) is 5.69 Å². The van der Waals surface area contributed by atoms with Gasteiger partial charge >= 0.3 is 0 Å². The average molecular weight is 355 g/mol. The Bertz CT molecular complexity index is 668. The van der Waals surface area contributed by atoms with Gasteiger partial charge in [0, 0.05) is 18.2 Å². The number of aliphatic hydroxyl groups is 1. The third-order valence-electron chi connectivity index (χ3n) is 4.39. The molecule has 0 fully saturated rings. The summed E-state index contributed by atoms with van der Waals surface area (Å²) in [5.74, 6) is 0.909. The minimum absolute atomic E-state index is 0.0359. The Hall–Kier alpha value is -2.30. The molecule has 0 amide bonds. The fourth-order valence-electron chi connectivity index (χ4n) is 2.75. The predicted molar refractivity (Wildman–Crippen MR) is 107 cm³/mol. The summed E-state index contributed by atoms with van der Waals surface area (Å²) in [5.41, 5.74) is 3.31. The lowest BCUT2D eigenvalue weighted by atomic mass is 9.95. The highest BCUT2D eigenvalue weighted by Crippen LogP contribution is 2.21. The van der Waals surface area contributed by atoms with E-state index >= 15 is 0 Å². The molecule has 4 heteroatoms. The van der Waals surface area contributed by atoms with E-state index < -0.39 is 0 Å². The van der Waals surface area contributed by atoms with Crippen LogP contribution in [0.3, 0.4) is 0 Å². The maximum atomic E-state index is 9.62. The molecular formula is C22H29NO3. The summed E-state index contributed by atoms with van der Waals surface area (Å²) in [5, 5.41) is 13.1. The molecule has 2 aromatic rings. The van der Waals surface area contributed by atoms with Gasteiger partial charge in [-0.25, -0.2) is 0 Å². The van der Waals surface area contributed by atoms with E-state index in [0.29, 0.717) is 13.2 Å². The molecule has 0 aliphatic rings. The molecule has 0 radical (unpaired) electrons. The van der Waals surface area contributed by atoms with Crippen molar-refractivity contribution in [3.8, 4) is 5.75 Å². The number of hydrogen-bond donors (Lipinski definition) is 2. The lowest BCUT2D eigenvalue weighted by Crippen LogP contribution is -2.31. The summed E-state index contributed by atoms with van der Waals surface area (Å²) in [6.45, 7) is 5.35. The molecule has 0 aliphatic heterocycles. The van der Waals surface area contributed by atoms with Crippen molar-refractivity contribution in [2.45, 2.75) is 26.5 Å². The quantitative estimate of drug-likeness (QED) is 0.494. The number of aliphatic hydroxyl groups excluding tert-OH is 1. The molecule has 0 bridgehead atoms. The SMILES string of the molecule is COc1ccc(N[C@H](C(C)=CCOCc2ccccc2)[C@@H](C)CO)cc1. The summed E-state index contributed by atoms with van der Waals surface area (Å²) in [6.07, 6.45) is 2.08. The zero-order valence-corrected chi connectivity index (χ0v) is 15.8. The highest BCUT2D eigenvalue weighted by molar-refractivity contribution is 5.48. The van der Waals surface area contributed by atoms with E-state index in [1.54, 1.807) is 7.11 Å². The van der Waals surface area contributed by atoms with Crippen molar-refractivity contribution >= 4 is 5.69 Å². The van der Waals surface area contributed by atoms with Gasteiger partial charge in [0.2, 0.25) is 0 Å². The minimum Gasteiger partial charge on any atom is -0.497 e. The number of methoxy groups -OCH3 is 1. The third-order valence-corrected chi connectivity index (χ3v) is 4.39. The molecule has 0 aliphatic carbocycles. The van der Waals surface area contributed by atoms with Crippen LogP contribution in [0.2, 0.25) is 0 Å². The van der Waals surface area contributed by atoms with Crippen LogP contribution >= 0.6 is 0 Å². The molecule has 0 saturated carbocycles. The number of nitrogens with one attached hydrogen (secondary N) is 1. The number of anilines is 1. The van der Waals surface area contributed by atoms with E-state index in [1.165, 1.54) is 0 Å². The number of rotatable bonds is 10. The average Bonchev–Trinajstić information content (AvgIpc) is 2.70. The Labute approximate surface area is 156 Å². The second-order valence-electron chi connectivity index (χ2n) is 6.46. The van der Waals surface area contributed by atoms with Gasteiger partial charge in [0.1, 0.15) is 5.75 Å². The molecule has 0 aromatic heterocycles. The summed E-state index contributed by atoms with van der Waals surface area (Å²) >= 11 is 0. The van der Waals surface area contributed by atoms with Crippen LogP contribution in [-0.2, 0) is 11.3 Å². The molecule has 0 heterocycles. The van der Waals surface area contributed by atoms with Crippen molar-refractivity contribution in [1.82, 2.24) is 0 Å². The molecule has 0 saturated heterocycles. The van der Waals surface area contributed by atoms with Crippen LogP contribution in [0.15, 0.2) is 66.2 Å². The third kappa shape index (κ3) is 6.21. The molecule has 2 atom stereocenters. The summed E-state index contributed by atoms with van der Waals surface area (Å²) in [4.78, 5) is 0. The summed E-state index contributed by atoms with van der Waals surface area (Å²) in [7, 11) is 1.65. The Morgan fingerprint density at radius 1 is 1.12 bits per heavy atom. The van der Waals surface area contributed by atoms with Crippen molar-refractivity contribution in [1.29, 1.82) is 0 Å². The van der Waals surface area contributed by atoms with Crippen LogP contribution in [0.25, 0.3) is 0 Å². The van der Waals surface area contributed by atoms with Gasteiger partial charge in [-0.3, -0.25) is 0 Å². The van der Waals surface area contributed by atoms with E-state index in [0.717, 1.165) is 22.6 Å². The normalized spacial score (nSPS) is 13.9. The van der Waals surface area contributed by atoms with Crippen molar-refractivity contribution in [2.24, 2.45) is 5.92 Å². The Balaban J connectivity index is 1.95. The monoisotopic (exact) mass is 355 g/mol. The predicted octanol–water partition coefficient (Wildman–Crippen LogP) is 4.27. The van der Waals surface area contributed by atoms with Crippen LogP contribution in [0, 0.1) is 5.92 Å². The molecule has 2 aromatic carbocycles. The molecule has 2 N–H and O–H groups in total. The maximum Gasteiger partial charge on any atom is 0.119 e. The van der Waals surface area contributed by atoms with Gasteiger partial charge in [0.15, 0.2) is 0 Å². The highest BCUT2D eigenvalue weighted by Gasteiger charge is 2.18. The molecular weight excluding hydrogens is 326 g/mol. The topological polar surface area (TPSA) is 50.7 Å². The van der Waals surface area contributed by atoms with Crippen molar-refractivity contribution in [3.05, 3.63) is 71.8 Å². The Morgan fingerprint density at radius 3 is 2.42 bits per heavy atom. The lowest BCUT2D eigenvalue weighted by molar-refractivity contribution is 0.148. The van der Waals surface area contributed by atoms with Crippen molar-refractivity contribution < 1.29 is 14.6 Å². The first kappa shape index (κ1) is 20.0. The van der Waals surface area contributed by atoms with Gasteiger partial charge in [0.25, 0.3) is 0 Å². The van der Waals surface area contributed by atoms with Gasteiger partial charge in [-0.1, -0.05) is 48.9 Å². The zero-order chi connectivity index (χ0) is 18.8. The fourth-order valence-corrected chi connectivity index (χ4v) is 2.75. The first-order valence-corrected chi connectivity index (χ1v) is 8.93. The maximum absolute atomic E-state index is 9.62. The second-order valence-corrected chi connectivity index (χ2v) is 6.46. The molecule has 4 nitrogen and oxygen atoms in total. The number of hydrogen-bond acceptors (Lipinski definition) is 4. The number of benzene rings is 2. The van der Waals surface area contributed by atoms with Crippen LogP contribution < -0.4 is 10.1 Å². The van der Waals surface area contributed by atoms with E-state index in [4.69, 9.17) is 9.47 Å². The largest absolute Gasteiger partial charge is 0.497 e. The number of ether oxygens (including phenoxy) is 2. The molecule has 0 spiro atoms. The van der Waals surface area contributed by atoms with Gasteiger partial charge in [-0.15, -0.1) is 0 Å². The highest BCUT2D eigenvalue weighted by atomic mass is 16.5. The molecule has 0 unspecified atom stereocenters. The first-order valence-electron chi connectivity index (χ1n) is 8.93. The lowest BCUT2D eigenvalue weighted by Gasteiger charge is -2.26. The molecule has 2 rings (SSSR count). The summed E-state index contributed by atoms with van der Waals surface area (Å²) in [6, 6.07) is 18.0. The van der Waals surface area contributed by atoms with Crippen LogP contribution in [0.5, 0.6) is 5.75 Å². The van der Waals surface area contributed by atoms with Gasteiger partial charge in [0.05, 0.1) is 26.4 Å².